The molecule has 2 bridgehead atoms. The Morgan fingerprint density at radius 3 is 2.50 bits per heavy atom. The molecular weight excluding hydrogens is 428 g/mol. The highest BCUT2D eigenvalue weighted by Crippen LogP contribution is 2.75. The summed E-state index contributed by atoms with van der Waals surface area (Å²) in [5.41, 5.74) is 0.987. The predicted molar refractivity (Wildman–Crippen MR) is 128 cm³/mol. The van der Waals surface area contributed by atoms with E-state index < -0.39 is 11.2 Å². The van der Waals surface area contributed by atoms with Gasteiger partial charge in [0, 0.05) is 30.1 Å². The summed E-state index contributed by atoms with van der Waals surface area (Å²) < 4.78 is 18.2. The first-order valence-corrected chi connectivity index (χ1v) is 13.7. The molecule has 0 aromatic heterocycles. The fraction of sp³-hybridized carbons (Fsp3) is 0.862. The lowest BCUT2D eigenvalue weighted by atomic mass is 9.33. The van der Waals surface area contributed by atoms with Gasteiger partial charge in [0.2, 0.25) is 0 Å². The Bertz CT molecular complexity index is 931. The number of hydrogen-bond donors (Lipinski definition) is 0. The van der Waals surface area contributed by atoms with Crippen LogP contribution in [0.5, 0.6) is 0 Å². The summed E-state index contributed by atoms with van der Waals surface area (Å²) in [4.78, 5) is 26.9. The summed E-state index contributed by atoms with van der Waals surface area (Å²) >= 11 is 0. The second-order valence-electron chi connectivity index (χ2n) is 13.1. The smallest absolute Gasteiger partial charge is 0.311 e. The zero-order valence-corrected chi connectivity index (χ0v) is 21.7. The molecule has 8 atom stereocenters. The van der Waals surface area contributed by atoms with Crippen LogP contribution in [0.15, 0.2) is 11.6 Å². The number of carbonyl (C=O) groups is 2. The Kier molecular flexibility index (Phi) is 5.06. The molecule has 0 amide bonds. The highest BCUT2D eigenvalue weighted by atomic mass is 16.7. The zero-order chi connectivity index (χ0) is 24.1. The number of fused-ring (bicyclic) bond motifs is 1. The number of ether oxygens (including phenoxy) is 3. The fourth-order valence-corrected chi connectivity index (χ4v) is 10.6. The summed E-state index contributed by atoms with van der Waals surface area (Å²) in [6.07, 6.45) is 10.0. The molecule has 7 rings (SSSR count). The van der Waals surface area contributed by atoms with E-state index in [-0.39, 0.29) is 28.6 Å². The molecule has 5 nitrogen and oxygen atoms in total. The van der Waals surface area contributed by atoms with Crippen molar-refractivity contribution in [3.05, 3.63) is 11.6 Å². The molecule has 0 aromatic carbocycles. The van der Waals surface area contributed by atoms with Crippen LogP contribution >= 0.6 is 0 Å². The molecule has 0 aromatic rings. The molecule has 0 radical (unpaired) electrons. The number of esters is 1. The van der Waals surface area contributed by atoms with Crippen LogP contribution in [0.2, 0.25) is 0 Å². The number of Topliss-reactive ketones (excluding diaryl/α,β-unsaturated/α-hetero) is 1. The quantitative estimate of drug-likeness (QED) is 0.404. The maximum Gasteiger partial charge on any atom is 0.311 e. The van der Waals surface area contributed by atoms with E-state index in [9.17, 15) is 9.59 Å². The van der Waals surface area contributed by atoms with E-state index in [1.54, 1.807) is 0 Å². The zero-order valence-electron chi connectivity index (χ0n) is 21.7. The van der Waals surface area contributed by atoms with Gasteiger partial charge >= 0.3 is 5.97 Å². The third-order valence-corrected chi connectivity index (χ3v) is 11.7. The first-order valence-electron chi connectivity index (χ1n) is 13.7. The second-order valence-corrected chi connectivity index (χ2v) is 13.1. The monoisotopic (exact) mass is 470 g/mol. The molecule has 1 saturated heterocycles. The van der Waals surface area contributed by atoms with Crippen molar-refractivity contribution in [3.63, 3.8) is 0 Å². The van der Waals surface area contributed by atoms with E-state index in [2.05, 4.69) is 33.8 Å². The maximum atomic E-state index is 13.8. The minimum atomic E-state index is -0.583. The lowest BCUT2D eigenvalue weighted by molar-refractivity contribution is -0.275. The van der Waals surface area contributed by atoms with Gasteiger partial charge in [-0.2, -0.15) is 0 Å². The second kappa shape index (κ2) is 7.41. The summed E-state index contributed by atoms with van der Waals surface area (Å²) in [5.74, 6) is 1.40. The molecule has 2 spiro atoms. The van der Waals surface area contributed by atoms with Gasteiger partial charge in [-0.3, -0.25) is 9.59 Å². The van der Waals surface area contributed by atoms with Crippen molar-refractivity contribution < 1.29 is 23.8 Å². The summed E-state index contributed by atoms with van der Waals surface area (Å²) in [7, 11) is 1.54. The highest BCUT2D eigenvalue weighted by Gasteiger charge is 2.73. The third-order valence-electron chi connectivity index (χ3n) is 11.7. The Balaban J connectivity index is 1.49. The molecule has 34 heavy (non-hydrogen) atoms. The van der Waals surface area contributed by atoms with Crippen molar-refractivity contribution in [1.29, 1.82) is 0 Å². The summed E-state index contributed by atoms with van der Waals surface area (Å²) in [5, 5.41) is 0. The lowest BCUT2D eigenvalue weighted by Crippen LogP contribution is -2.70. The number of ketones is 1. The van der Waals surface area contributed by atoms with E-state index in [1.165, 1.54) is 12.7 Å². The van der Waals surface area contributed by atoms with Crippen molar-refractivity contribution in [2.24, 2.45) is 51.8 Å². The van der Waals surface area contributed by atoms with Gasteiger partial charge in [0.25, 0.3) is 0 Å². The number of hydrogen-bond acceptors (Lipinski definition) is 5. The minimum absolute atomic E-state index is 0.0188. The van der Waals surface area contributed by atoms with Crippen molar-refractivity contribution in [2.75, 3.05) is 20.3 Å². The number of methoxy groups -OCH3 is 1. The van der Waals surface area contributed by atoms with Crippen LogP contribution in [0, 0.1) is 51.8 Å². The van der Waals surface area contributed by atoms with Crippen molar-refractivity contribution >= 4 is 11.8 Å². The average molecular weight is 471 g/mol. The Morgan fingerprint density at radius 1 is 1.09 bits per heavy atom. The molecule has 0 unspecified atom stereocenters. The van der Waals surface area contributed by atoms with Gasteiger partial charge in [-0.1, -0.05) is 38.8 Å². The van der Waals surface area contributed by atoms with Gasteiger partial charge in [-0.05, 0) is 68.1 Å². The maximum absolute atomic E-state index is 13.8. The normalized spacial score (nSPS) is 48.8. The van der Waals surface area contributed by atoms with Crippen LogP contribution in [-0.2, 0) is 23.8 Å². The van der Waals surface area contributed by atoms with Crippen molar-refractivity contribution in [3.8, 4) is 0 Å². The van der Waals surface area contributed by atoms with E-state index >= 15 is 0 Å². The number of allylic oxidation sites excluding steroid dienone is 2. The summed E-state index contributed by atoms with van der Waals surface area (Å²) in [6, 6.07) is 0. The fourth-order valence-electron chi connectivity index (χ4n) is 10.6. The Labute approximate surface area is 204 Å². The third kappa shape index (κ3) is 2.69. The molecule has 1 aliphatic heterocycles. The number of carbonyl (C=O) groups excluding carboxylic acids is 2. The molecule has 1 heterocycles. The molecule has 4 saturated carbocycles. The average Bonchev–Trinajstić information content (AvgIpc) is 3.29. The first-order chi connectivity index (χ1) is 16.1. The van der Waals surface area contributed by atoms with Crippen LogP contribution in [0.3, 0.4) is 0 Å². The van der Waals surface area contributed by atoms with Gasteiger partial charge < -0.3 is 14.2 Å². The first kappa shape index (κ1) is 23.2. The van der Waals surface area contributed by atoms with Crippen LogP contribution < -0.4 is 0 Å². The van der Waals surface area contributed by atoms with Crippen molar-refractivity contribution in [2.45, 2.75) is 84.8 Å². The van der Waals surface area contributed by atoms with E-state index in [1.807, 2.05) is 0 Å². The molecule has 5 fully saturated rings. The lowest BCUT2D eigenvalue weighted by Gasteiger charge is -2.71. The largest absolute Gasteiger partial charge is 0.469 e. The van der Waals surface area contributed by atoms with Gasteiger partial charge in [0.15, 0.2) is 5.79 Å². The number of rotatable bonds is 2. The standard InChI is InChI=1S/C29H42O5/c1-17(2)19-16-28-11-8-21-26(3,9-6-10-27(21,4)25(31)32-5)22(28)15-18(19)23-24(28)20(30)7-12-29(23)33-13-14-34-29/h16-18,21-24H,6-15H2,1-5H3/t18-,21+,22+,23+,24+,26-,27+,28-/m0/s1. The van der Waals surface area contributed by atoms with Crippen molar-refractivity contribution in [1.82, 2.24) is 0 Å². The van der Waals surface area contributed by atoms with Crippen LogP contribution in [0.1, 0.15) is 79.1 Å². The van der Waals surface area contributed by atoms with Crippen LogP contribution in [-0.4, -0.2) is 37.9 Å². The molecule has 0 N–H and O–H groups in total. The molecule has 188 valence electrons. The summed E-state index contributed by atoms with van der Waals surface area (Å²) in [6.45, 7) is 10.5. The Hall–Kier alpha value is -1.20. The van der Waals surface area contributed by atoms with E-state index in [0.29, 0.717) is 55.5 Å². The van der Waals surface area contributed by atoms with Gasteiger partial charge in [0.1, 0.15) is 5.78 Å². The molecule has 6 aliphatic carbocycles. The van der Waals surface area contributed by atoms with Crippen LogP contribution in [0.25, 0.3) is 0 Å². The topological polar surface area (TPSA) is 61.8 Å². The minimum Gasteiger partial charge on any atom is -0.469 e. The highest BCUT2D eigenvalue weighted by molar-refractivity contribution is 5.85. The van der Waals surface area contributed by atoms with E-state index in [0.717, 1.165) is 38.5 Å². The predicted octanol–water partition coefficient (Wildman–Crippen LogP) is 5.32. The molecular formula is C29H42O5. The van der Waals surface area contributed by atoms with Crippen LogP contribution in [0.4, 0.5) is 0 Å². The van der Waals surface area contributed by atoms with Gasteiger partial charge in [-0.15, -0.1) is 0 Å². The van der Waals surface area contributed by atoms with Gasteiger partial charge in [-0.25, -0.2) is 0 Å². The van der Waals surface area contributed by atoms with E-state index in [4.69, 9.17) is 14.2 Å². The molecule has 5 heteroatoms. The SMILES string of the molecule is COC(=O)[C@]1(C)CCC[C@]2(C)[C@H]3C[C@H]4C(C(C)C)=C[C@]3(CC[C@H]21)[C@@H]1C(=O)CCC2(OCCO2)[C@@H]14. The molecule has 7 aliphatic rings. The van der Waals surface area contributed by atoms with Gasteiger partial charge in [0.05, 0.1) is 25.7 Å². The Morgan fingerprint density at radius 2 is 1.82 bits per heavy atom.